The van der Waals surface area contributed by atoms with Gasteiger partial charge in [-0.3, -0.25) is 9.36 Å². The largest absolute Gasteiger partial charge is 0.493 e. The highest BCUT2D eigenvalue weighted by molar-refractivity contribution is 5.57. The maximum Gasteiger partial charge on any atom is 0.281 e. The summed E-state index contributed by atoms with van der Waals surface area (Å²) in [6.07, 6.45) is 0. The summed E-state index contributed by atoms with van der Waals surface area (Å²) in [6, 6.07) is 16.8. The summed E-state index contributed by atoms with van der Waals surface area (Å²) in [5.41, 5.74) is 3.52. The summed E-state index contributed by atoms with van der Waals surface area (Å²) in [5, 5.41) is 28.2. The van der Waals surface area contributed by atoms with Gasteiger partial charge in [0.25, 0.3) is 5.56 Å². The molecule has 0 radical (unpaired) electrons. The summed E-state index contributed by atoms with van der Waals surface area (Å²) in [4.78, 5) is 13.0. The smallest absolute Gasteiger partial charge is 0.281 e. The van der Waals surface area contributed by atoms with Crippen molar-refractivity contribution >= 4 is 11.4 Å². The van der Waals surface area contributed by atoms with Crippen LogP contribution >= 0.6 is 0 Å². The summed E-state index contributed by atoms with van der Waals surface area (Å²) in [7, 11) is 0. The molecule has 0 fully saturated rings. The van der Waals surface area contributed by atoms with Crippen LogP contribution in [0.1, 0.15) is 27.8 Å². The Balaban J connectivity index is 2.11. The highest BCUT2D eigenvalue weighted by atomic mass is 16.3. The Morgan fingerprint density at radius 3 is 2.39 bits per heavy atom. The van der Waals surface area contributed by atoms with Crippen molar-refractivity contribution < 1.29 is 5.11 Å². The van der Waals surface area contributed by atoms with E-state index in [1.807, 2.05) is 68.4 Å². The van der Waals surface area contributed by atoms with E-state index in [-0.39, 0.29) is 23.7 Å². The molecular weight excluding hydrogens is 352 g/mol. The lowest BCUT2D eigenvalue weighted by atomic mass is 10.1. The van der Waals surface area contributed by atoms with E-state index in [0.717, 1.165) is 21.3 Å². The number of aromatic hydroxyl groups is 1. The topological polar surface area (TPSA) is 90.7 Å². The van der Waals surface area contributed by atoms with Gasteiger partial charge in [0, 0.05) is 5.56 Å². The third kappa shape index (κ3) is 3.69. The first-order valence-electron chi connectivity index (χ1n) is 8.81. The molecule has 0 saturated carbocycles. The monoisotopic (exact) mass is 372 g/mol. The van der Waals surface area contributed by atoms with Gasteiger partial charge in [-0.2, -0.15) is 10.4 Å². The summed E-state index contributed by atoms with van der Waals surface area (Å²) in [5.74, 6) is -0.362. The molecule has 1 aromatic heterocycles. The molecule has 0 aliphatic rings. The molecule has 0 saturated heterocycles. The van der Waals surface area contributed by atoms with Crippen LogP contribution in [0.25, 0.3) is 0 Å². The lowest BCUT2D eigenvalue weighted by Gasteiger charge is -2.13. The number of aryl methyl sites for hydroxylation is 2. The fourth-order valence-corrected chi connectivity index (χ4v) is 2.87. The van der Waals surface area contributed by atoms with Crippen molar-refractivity contribution in [1.29, 1.82) is 5.26 Å². The molecule has 6 heteroatoms. The molecular formula is C22H20N4O2. The SMILES string of the molecule is Cc1ccc(N=Nc2c(C)c(C#N)c(O)n(Cc3ccccc3)c2=O)cc1C. The molecule has 0 spiro atoms. The summed E-state index contributed by atoms with van der Waals surface area (Å²) >= 11 is 0. The highest BCUT2D eigenvalue weighted by Gasteiger charge is 2.19. The number of hydrogen-bond donors (Lipinski definition) is 1. The van der Waals surface area contributed by atoms with Crippen molar-refractivity contribution in [2.75, 3.05) is 0 Å². The van der Waals surface area contributed by atoms with E-state index < -0.39 is 5.56 Å². The van der Waals surface area contributed by atoms with Crippen LogP contribution < -0.4 is 5.56 Å². The first kappa shape index (κ1) is 19.1. The quantitative estimate of drug-likeness (QED) is 0.666. The average molecular weight is 372 g/mol. The van der Waals surface area contributed by atoms with E-state index in [1.165, 1.54) is 0 Å². The molecule has 0 amide bonds. The zero-order chi connectivity index (χ0) is 20.3. The predicted molar refractivity (Wildman–Crippen MR) is 107 cm³/mol. The van der Waals surface area contributed by atoms with Crippen molar-refractivity contribution in [3.63, 3.8) is 0 Å². The maximum absolute atomic E-state index is 13.0. The van der Waals surface area contributed by atoms with E-state index >= 15 is 0 Å². The van der Waals surface area contributed by atoms with Gasteiger partial charge in [-0.05, 0) is 49.6 Å². The predicted octanol–water partition coefficient (Wildman–Crippen LogP) is 4.81. The van der Waals surface area contributed by atoms with Crippen molar-refractivity contribution in [3.8, 4) is 11.9 Å². The highest BCUT2D eigenvalue weighted by Crippen LogP contribution is 2.27. The Hall–Kier alpha value is -3.72. The Bertz CT molecular complexity index is 1160. The van der Waals surface area contributed by atoms with E-state index in [2.05, 4.69) is 10.2 Å². The zero-order valence-corrected chi connectivity index (χ0v) is 16.0. The van der Waals surface area contributed by atoms with Crippen molar-refractivity contribution in [1.82, 2.24) is 4.57 Å². The van der Waals surface area contributed by atoms with Gasteiger partial charge in [-0.15, -0.1) is 5.11 Å². The normalized spacial score (nSPS) is 10.9. The van der Waals surface area contributed by atoms with Gasteiger partial charge >= 0.3 is 0 Å². The molecule has 0 bridgehead atoms. The second-order valence-corrected chi connectivity index (χ2v) is 6.63. The molecule has 140 valence electrons. The third-order valence-corrected chi connectivity index (χ3v) is 4.71. The van der Waals surface area contributed by atoms with Crippen LogP contribution in [0, 0.1) is 32.1 Å². The van der Waals surface area contributed by atoms with Gasteiger partial charge in [0.05, 0.1) is 12.2 Å². The van der Waals surface area contributed by atoms with Crippen molar-refractivity contribution in [2.45, 2.75) is 27.3 Å². The molecule has 2 aromatic carbocycles. The number of pyridine rings is 1. The number of azo groups is 1. The number of nitrogens with zero attached hydrogens (tertiary/aromatic N) is 4. The maximum atomic E-state index is 13.0. The fourth-order valence-electron chi connectivity index (χ4n) is 2.87. The van der Waals surface area contributed by atoms with Crippen LogP contribution in [-0.2, 0) is 6.54 Å². The minimum absolute atomic E-state index is 0.0181. The molecule has 3 aromatic rings. The second-order valence-electron chi connectivity index (χ2n) is 6.63. The van der Waals surface area contributed by atoms with E-state index in [9.17, 15) is 15.2 Å². The number of benzene rings is 2. The molecule has 6 nitrogen and oxygen atoms in total. The molecule has 0 aliphatic heterocycles. The Labute approximate surface area is 163 Å². The first-order valence-corrected chi connectivity index (χ1v) is 8.81. The Kier molecular flexibility index (Phi) is 5.37. The molecule has 0 atom stereocenters. The van der Waals surface area contributed by atoms with Gasteiger partial charge in [-0.25, -0.2) is 0 Å². The van der Waals surface area contributed by atoms with Crippen LogP contribution in [0.2, 0.25) is 0 Å². The molecule has 0 aliphatic carbocycles. The van der Waals surface area contributed by atoms with Crippen LogP contribution in [0.15, 0.2) is 63.6 Å². The number of hydrogen-bond acceptors (Lipinski definition) is 5. The molecule has 1 N–H and O–H groups in total. The van der Waals surface area contributed by atoms with Crippen LogP contribution in [-0.4, -0.2) is 9.67 Å². The second kappa shape index (κ2) is 7.89. The minimum Gasteiger partial charge on any atom is -0.493 e. The van der Waals surface area contributed by atoms with Crippen LogP contribution in [0.4, 0.5) is 11.4 Å². The number of rotatable bonds is 4. The number of nitriles is 1. The first-order chi connectivity index (χ1) is 13.4. The van der Waals surface area contributed by atoms with Gasteiger partial charge < -0.3 is 5.11 Å². The fraction of sp³-hybridized carbons (Fsp3) is 0.182. The lowest BCUT2D eigenvalue weighted by Crippen LogP contribution is -2.22. The van der Waals surface area contributed by atoms with Crippen molar-refractivity contribution in [2.24, 2.45) is 10.2 Å². The summed E-state index contributed by atoms with van der Waals surface area (Å²) in [6.45, 7) is 5.69. The molecule has 3 rings (SSSR count). The summed E-state index contributed by atoms with van der Waals surface area (Å²) < 4.78 is 1.15. The number of aromatic nitrogens is 1. The van der Waals surface area contributed by atoms with E-state index in [4.69, 9.17) is 0 Å². The van der Waals surface area contributed by atoms with Gasteiger partial charge in [0.15, 0.2) is 5.69 Å². The van der Waals surface area contributed by atoms with Crippen molar-refractivity contribution in [3.05, 3.63) is 86.7 Å². The van der Waals surface area contributed by atoms with Gasteiger partial charge in [0.2, 0.25) is 5.88 Å². The molecule has 1 heterocycles. The molecule has 0 unspecified atom stereocenters. The van der Waals surface area contributed by atoms with Gasteiger partial charge in [-0.1, -0.05) is 36.4 Å². The average Bonchev–Trinajstić information content (AvgIpc) is 2.69. The molecule has 28 heavy (non-hydrogen) atoms. The lowest BCUT2D eigenvalue weighted by molar-refractivity contribution is 0.412. The van der Waals surface area contributed by atoms with E-state index in [0.29, 0.717) is 11.3 Å². The third-order valence-electron chi connectivity index (χ3n) is 4.71. The van der Waals surface area contributed by atoms with E-state index in [1.54, 1.807) is 6.92 Å². The Morgan fingerprint density at radius 1 is 1.04 bits per heavy atom. The standard InChI is InChI=1S/C22H20N4O2/c1-14-9-10-18(11-15(14)2)24-25-20-16(3)19(12-23)21(27)26(22(20)28)13-17-7-5-4-6-8-17/h4-11,27H,13H2,1-3H3. The van der Waals surface area contributed by atoms with Crippen LogP contribution in [0.5, 0.6) is 5.88 Å². The van der Waals surface area contributed by atoms with Crippen LogP contribution in [0.3, 0.4) is 0 Å². The van der Waals surface area contributed by atoms with Gasteiger partial charge in [0.1, 0.15) is 11.6 Å². The minimum atomic E-state index is -0.495. The zero-order valence-electron chi connectivity index (χ0n) is 16.0. The Morgan fingerprint density at radius 2 is 1.75 bits per heavy atom.